The Labute approximate surface area is 105 Å². The van der Waals surface area contributed by atoms with E-state index < -0.39 is 5.97 Å². The maximum atomic E-state index is 11.9. The molecule has 0 bridgehead atoms. The predicted octanol–water partition coefficient (Wildman–Crippen LogP) is 2.04. The summed E-state index contributed by atoms with van der Waals surface area (Å²) in [6, 6.07) is 1.63. The highest BCUT2D eigenvalue weighted by atomic mass is 16.4. The van der Waals surface area contributed by atoms with Gasteiger partial charge in [-0.25, -0.2) is 9.59 Å². The number of carbonyl (C=O) groups is 2. The zero-order valence-electron chi connectivity index (χ0n) is 10.5. The SMILES string of the molecule is Cc1cc(NC(=O)N(C)C2CCC2)c(C(=O)O)[nH]1. The molecule has 0 radical (unpaired) electrons. The van der Waals surface area contributed by atoms with E-state index >= 15 is 0 Å². The van der Waals surface area contributed by atoms with E-state index in [1.165, 1.54) is 0 Å². The first-order valence-electron chi connectivity index (χ1n) is 5.95. The van der Waals surface area contributed by atoms with Crippen LogP contribution in [0.15, 0.2) is 6.07 Å². The number of aromatic carboxylic acids is 1. The standard InChI is InChI=1S/C12H17N3O3/c1-7-6-9(10(13-7)11(16)17)14-12(18)15(2)8-4-3-5-8/h6,8,13H,3-5H2,1-2H3,(H,14,18)(H,16,17). The molecule has 2 rings (SSSR count). The number of carboxylic acids is 1. The number of carbonyl (C=O) groups excluding carboxylic acids is 1. The van der Waals surface area contributed by atoms with Crippen molar-refractivity contribution in [2.24, 2.45) is 0 Å². The highest BCUT2D eigenvalue weighted by Crippen LogP contribution is 2.24. The summed E-state index contributed by atoms with van der Waals surface area (Å²) in [6.45, 7) is 1.75. The number of rotatable bonds is 3. The summed E-state index contributed by atoms with van der Waals surface area (Å²) in [7, 11) is 1.74. The molecular weight excluding hydrogens is 234 g/mol. The second kappa shape index (κ2) is 4.72. The molecule has 18 heavy (non-hydrogen) atoms. The van der Waals surface area contributed by atoms with Gasteiger partial charge >= 0.3 is 12.0 Å². The van der Waals surface area contributed by atoms with Gasteiger partial charge < -0.3 is 20.3 Å². The Balaban J connectivity index is 2.08. The van der Waals surface area contributed by atoms with E-state index in [9.17, 15) is 9.59 Å². The molecule has 1 aliphatic rings. The van der Waals surface area contributed by atoms with Crippen molar-refractivity contribution >= 4 is 17.7 Å². The average Bonchev–Trinajstić information content (AvgIpc) is 2.56. The first kappa shape index (κ1) is 12.5. The van der Waals surface area contributed by atoms with E-state index in [2.05, 4.69) is 10.3 Å². The van der Waals surface area contributed by atoms with Gasteiger partial charge in [-0.05, 0) is 32.3 Å². The molecule has 0 saturated heterocycles. The van der Waals surface area contributed by atoms with Gasteiger partial charge in [0.15, 0.2) is 0 Å². The van der Waals surface area contributed by atoms with Crippen molar-refractivity contribution in [1.29, 1.82) is 0 Å². The maximum absolute atomic E-state index is 11.9. The summed E-state index contributed by atoms with van der Waals surface area (Å²) >= 11 is 0. The molecule has 1 fully saturated rings. The second-order valence-electron chi connectivity index (χ2n) is 4.67. The van der Waals surface area contributed by atoms with Crippen molar-refractivity contribution in [3.05, 3.63) is 17.5 Å². The summed E-state index contributed by atoms with van der Waals surface area (Å²) in [5, 5.41) is 11.6. The van der Waals surface area contributed by atoms with Gasteiger partial charge in [-0.3, -0.25) is 0 Å². The van der Waals surface area contributed by atoms with Gasteiger partial charge in [-0.15, -0.1) is 0 Å². The van der Waals surface area contributed by atoms with Crippen molar-refractivity contribution in [3.8, 4) is 0 Å². The lowest BCUT2D eigenvalue weighted by Gasteiger charge is -2.34. The molecule has 1 aromatic heterocycles. The molecule has 0 spiro atoms. The minimum Gasteiger partial charge on any atom is -0.477 e. The van der Waals surface area contributed by atoms with Crippen LogP contribution in [0.2, 0.25) is 0 Å². The second-order valence-corrected chi connectivity index (χ2v) is 4.67. The molecule has 1 aliphatic carbocycles. The van der Waals surface area contributed by atoms with Crippen LogP contribution >= 0.6 is 0 Å². The highest BCUT2D eigenvalue weighted by molar-refractivity contribution is 5.99. The summed E-state index contributed by atoms with van der Waals surface area (Å²) in [6.07, 6.45) is 3.18. The Kier molecular flexibility index (Phi) is 3.27. The quantitative estimate of drug-likeness (QED) is 0.768. The van der Waals surface area contributed by atoms with Gasteiger partial charge in [-0.2, -0.15) is 0 Å². The fourth-order valence-electron chi connectivity index (χ4n) is 2.00. The van der Waals surface area contributed by atoms with Crippen LogP contribution in [0.4, 0.5) is 10.5 Å². The number of H-pyrrole nitrogens is 1. The largest absolute Gasteiger partial charge is 0.477 e. The third-order valence-corrected chi connectivity index (χ3v) is 3.35. The van der Waals surface area contributed by atoms with E-state index in [0.29, 0.717) is 11.4 Å². The Bertz CT molecular complexity index is 477. The zero-order valence-corrected chi connectivity index (χ0v) is 10.5. The van der Waals surface area contributed by atoms with Crippen LogP contribution in [0, 0.1) is 6.92 Å². The predicted molar refractivity (Wildman–Crippen MR) is 66.9 cm³/mol. The Morgan fingerprint density at radius 1 is 1.50 bits per heavy atom. The monoisotopic (exact) mass is 251 g/mol. The molecule has 1 saturated carbocycles. The number of nitrogens with one attached hydrogen (secondary N) is 2. The number of amides is 2. The molecule has 1 aromatic rings. The number of hydrogen-bond donors (Lipinski definition) is 3. The number of nitrogens with zero attached hydrogens (tertiary/aromatic N) is 1. The minimum absolute atomic E-state index is 0.0165. The van der Waals surface area contributed by atoms with Gasteiger partial charge in [0, 0.05) is 18.8 Å². The lowest BCUT2D eigenvalue weighted by Crippen LogP contribution is -2.43. The van der Waals surface area contributed by atoms with E-state index in [1.807, 2.05) is 0 Å². The fraction of sp³-hybridized carbons (Fsp3) is 0.500. The van der Waals surface area contributed by atoms with Crippen LogP contribution < -0.4 is 5.32 Å². The highest BCUT2D eigenvalue weighted by Gasteiger charge is 2.26. The number of hydrogen-bond acceptors (Lipinski definition) is 2. The molecular formula is C12H17N3O3. The Morgan fingerprint density at radius 2 is 2.17 bits per heavy atom. The molecule has 3 N–H and O–H groups in total. The lowest BCUT2D eigenvalue weighted by molar-refractivity contribution is 0.0692. The molecule has 6 heteroatoms. The number of anilines is 1. The van der Waals surface area contributed by atoms with Gasteiger partial charge in [-0.1, -0.05) is 0 Å². The first-order chi connectivity index (χ1) is 8.49. The van der Waals surface area contributed by atoms with Crippen LogP contribution in [-0.2, 0) is 0 Å². The fourth-order valence-corrected chi connectivity index (χ4v) is 2.00. The number of carboxylic acid groups (broad SMARTS) is 1. The van der Waals surface area contributed by atoms with Crippen LogP contribution in [0.5, 0.6) is 0 Å². The number of aromatic nitrogens is 1. The molecule has 1 heterocycles. The third-order valence-electron chi connectivity index (χ3n) is 3.35. The van der Waals surface area contributed by atoms with Crippen LogP contribution in [-0.4, -0.2) is 40.1 Å². The lowest BCUT2D eigenvalue weighted by atomic mass is 9.92. The minimum atomic E-state index is -1.08. The average molecular weight is 251 g/mol. The van der Waals surface area contributed by atoms with E-state index in [4.69, 9.17) is 5.11 Å². The summed E-state index contributed by atoms with van der Waals surface area (Å²) in [5.41, 5.74) is 1.04. The van der Waals surface area contributed by atoms with E-state index in [-0.39, 0.29) is 17.8 Å². The van der Waals surface area contributed by atoms with Crippen molar-refractivity contribution in [1.82, 2.24) is 9.88 Å². The topological polar surface area (TPSA) is 85.4 Å². The van der Waals surface area contributed by atoms with Crippen LogP contribution in [0.3, 0.4) is 0 Å². The molecule has 98 valence electrons. The van der Waals surface area contributed by atoms with Gasteiger partial charge in [0.25, 0.3) is 0 Å². The van der Waals surface area contributed by atoms with Crippen molar-refractivity contribution in [2.45, 2.75) is 32.2 Å². The van der Waals surface area contributed by atoms with Crippen LogP contribution in [0.25, 0.3) is 0 Å². The smallest absolute Gasteiger partial charge is 0.354 e. The number of aryl methyl sites for hydroxylation is 1. The molecule has 6 nitrogen and oxygen atoms in total. The first-order valence-corrected chi connectivity index (χ1v) is 5.95. The number of urea groups is 1. The zero-order chi connectivity index (χ0) is 13.3. The van der Waals surface area contributed by atoms with Crippen molar-refractivity contribution in [3.63, 3.8) is 0 Å². The van der Waals surface area contributed by atoms with Gasteiger partial charge in [0.1, 0.15) is 5.69 Å². The molecule has 0 aliphatic heterocycles. The summed E-state index contributed by atoms with van der Waals surface area (Å²) in [4.78, 5) is 27.3. The summed E-state index contributed by atoms with van der Waals surface area (Å²) < 4.78 is 0. The normalized spacial score (nSPS) is 15.0. The van der Waals surface area contributed by atoms with Gasteiger partial charge in [0.05, 0.1) is 5.69 Å². The molecule has 0 unspecified atom stereocenters. The Hall–Kier alpha value is -1.98. The molecule has 0 aromatic carbocycles. The van der Waals surface area contributed by atoms with Gasteiger partial charge in [0.2, 0.25) is 0 Å². The van der Waals surface area contributed by atoms with Crippen molar-refractivity contribution in [2.75, 3.05) is 12.4 Å². The number of aromatic amines is 1. The van der Waals surface area contributed by atoms with E-state index in [0.717, 1.165) is 19.3 Å². The van der Waals surface area contributed by atoms with Crippen molar-refractivity contribution < 1.29 is 14.7 Å². The van der Waals surface area contributed by atoms with Crippen LogP contribution in [0.1, 0.15) is 35.4 Å². The third kappa shape index (κ3) is 2.32. The molecule has 2 amide bonds. The molecule has 0 atom stereocenters. The Morgan fingerprint density at radius 3 is 2.67 bits per heavy atom. The maximum Gasteiger partial charge on any atom is 0.354 e. The van der Waals surface area contributed by atoms with E-state index in [1.54, 1.807) is 24.9 Å². The summed E-state index contributed by atoms with van der Waals surface area (Å²) in [5.74, 6) is -1.08.